The summed E-state index contributed by atoms with van der Waals surface area (Å²) in [6.45, 7) is 2.02. The lowest BCUT2D eigenvalue weighted by atomic mass is 10.0. The Bertz CT molecular complexity index is 874. The molecule has 1 atom stereocenters. The first kappa shape index (κ1) is 16.7. The number of phenols is 1. The standard InChI is InChI=1S/C18H15NO6/c1-2-24-18-14(16(21)10-6-3-4-9-13(10)25-18)19-12-8-5-7-11(15(12)20)17(22)23/h3-9,18,20H,2H2,1H3,(H,22,23). The van der Waals surface area contributed by atoms with Crippen LogP contribution in [0.25, 0.3) is 0 Å². The Hall–Kier alpha value is -3.19. The highest BCUT2D eigenvalue weighted by Crippen LogP contribution is 2.33. The van der Waals surface area contributed by atoms with Gasteiger partial charge in [-0.15, -0.1) is 0 Å². The Kier molecular flexibility index (Phi) is 4.49. The highest BCUT2D eigenvalue weighted by molar-refractivity contribution is 6.48. The summed E-state index contributed by atoms with van der Waals surface area (Å²) in [5.74, 6) is -1.84. The van der Waals surface area contributed by atoms with Crippen molar-refractivity contribution in [2.75, 3.05) is 6.61 Å². The molecule has 0 saturated carbocycles. The predicted molar refractivity (Wildman–Crippen MR) is 89.0 cm³/mol. The Morgan fingerprint density at radius 1 is 1.24 bits per heavy atom. The average molecular weight is 341 g/mol. The van der Waals surface area contributed by atoms with Crippen molar-refractivity contribution in [2.24, 2.45) is 4.99 Å². The number of ketones is 1. The van der Waals surface area contributed by atoms with Gasteiger partial charge in [0.1, 0.15) is 17.0 Å². The fourth-order valence-electron chi connectivity index (χ4n) is 2.46. The molecule has 0 bridgehead atoms. The van der Waals surface area contributed by atoms with Crippen LogP contribution in [0.15, 0.2) is 47.5 Å². The first-order valence-corrected chi connectivity index (χ1v) is 7.58. The number of carboxylic acids is 1. The van der Waals surface area contributed by atoms with Gasteiger partial charge in [-0.1, -0.05) is 18.2 Å². The quantitative estimate of drug-likeness (QED) is 0.886. The maximum Gasteiger partial charge on any atom is 0.339 e. The summed E-state index contributed by atoms with van der Waals surface area (Å²) in [5, 5.41) is 19.2. The molecule has 2 aromatic rings. The predicted octanol–water partition coefficient (Wildman–Crippen LogP) is 2.80. The molecule has 0 radical (unpaired) electrons. The van der Waals surface area contributed by atoms with E-state index >= 15 is 0 Å². The highest BCUT2D eigenvalue weighted by atomic mass is 16.7. The summed E-state index contributed by atoms with van der Waals surface area (Å²) in [5.41, 5.74) is -0.0835. The van der Waals surface area contributed by atoms with Gasteiger partial charge in [0.05, 0.1) is 5.56 Å². The fourth-order valence-corrected chi connectivity index (χ4v) is 2.46. The first-order chi connectivity index (χ1) is 12.0. The number of fused-ring (bicyclic) bond motifs is 1. The van der Waals surface area contributed by atoms with E-state index < -0.39 is 23.8 Å². The van der Waals surface area contributed by atoms with Crippen molar-refractivity contribution in [3.63, 3.8) is 0 Å². The van der Waals surface area contributed by atoms with Crippen molar-refractivity contribution < 1.29 is 29.3 Å². The van der Waals surface area contributed by atoms with Crippen LogP contribution in [0.1, 0.15) is 27.6 Å². The Balaban J connectivity index is 2.10. The van der Waals surface area contributed by atoms with Crippen LogP contribution in [-0.2, 0) is 4.74 Å². The van der Waals surface area contributed by atoms with E-state index in [1.54, 1.807) is 31.2 Å². The third kappa shape index (κ3) is 3.09. The van der Waals surface area contributed by atoms with E-state index in [1.807, 2.05) is 0 Å². The minimum Gasteiger partial charge on any atom is -0.505 e. The number of ether oxygens (including phenoxy) is 2. The topological polar surface area (TPSA) is 105 Å². The van der Waals surface area contributed by atoms with Crippen LogP contribution in [0.5, 0.6) is 11.5 Å². The maximum absolute atomic E-state index is 12.7. The van der Waals surface area contributed by atoms with Gasteiger partial charge < -0.3 is 19.7 Å². The molecular formula is C18H15NO6. The van der Waals surface area contributed by atoms with Gasteiger partial charge in [-0.25, -0.2) is 9.79 Å². The van der Waals surface area contributed by atoms with E-state index in [1.165, 1.54) is 18.2 Å². The lowest BCUT2D eigenvalue weighted by Gasteiger charge is -2.26. The molecule has 1 aliphatic rings. The second-order valence-corrected chi connectivity index (χ2v) is 5.21. The number of carbonyl (C=O) groups excluding carboxylic acids is 1. The van der Waals surface area contributed by atoms with Gasteiger partial charge in [0.25, 0.3) is 0 Å². The van der Waals surface area contributed by atoms with Crippen LogP contribution in [0.4, 0.5) is 5.69 Å². The van der Waals surface area contributed by atoms with Gasteiger partial charge in [0.15, 0.2) is 11.5 Å². The van der Waals surface area contributed by atoms with E-state index in [4.69, 9.17) is 14.6 Å². The Labute approximate surface area is 143 Å². The third-order valence-corrected chi connectivity index (χ3v) is 3.63. The molecule has 0 saturated heterocycles. The molecule has 0 spiro atoms. The van der Waals surface area contributed by atoms with Crippen molar-refractivity contribution in [2.45, 2.75) is 13.2 Å². The molecular weight excluding hydrogens is 326 g/mol. The molecule has 128 valence electrons. The number of Topliss-reactive ketones (excluding diaryl/α,β-unsaturated/α-hetero) is 1. The lowest BCUT2D eigenvalue weighted by molar-refractivity contribution is -0.0285. The number of hydrogen-bond acceptors (Lipinski definition) is 6. The van der Waals surface area contributed by atoms with Crippen LogP contribution >= 0.6 is 0 Å². The smallest absolute Gasteiger partial charge is 0.339 e. The van der Waals surface area contributed by atoms with E-state index in [9.17, 15) is 14.7 Å². The van der Waals surface area contributed by atoms with Crippen molar-refractivity contribution in [1.82, 2.24) is 0 Å². The number of para-hydroxylation sites is 2. The molecule has 1 heterocycles. The van der Waals surface area contributed by atoms with Crippen LogP contribution in [-0.4, -0.2) is 40.6 Å². The zero-order chi connectivity index (χ0) is 18.0. The number of nitrogens with zero attached hydrogens (tertiary/aromatic N) is 1. The van der Waals surface area contributed by atoms with Crippen LogP contribution in [0.2, 0.25) is 0 Å². The molecule has 1 unspecified atom stereocenters. The zero-order valence-electron chi connectivity index (χ0n) is 13.3. The summed E-state index contributed by atoms with van der Waals surface area (Å²) in [6, 6.07) is 10.8. The van der Waals surface area contributed by atoms with Crippen molar-refractivity contribution in [3.8, 4) is 11.5 Å². The van der Waals surface area contributed by atoms with Crippen LogP contribution < -0.4 is 4.74 Å². The SMILES string of the molecule is CCOC1Oc2ccccc2C(=O)C1=Nc1cccc(C(=O)O)c1O. The minimum absolute atomic E-state index is 0.0454. The number of rotatable bonds is 4. The monoisotopic (exact) mass is 341 g/mol. The molecule has 0 amide bonds. The molecule has 0 aliphatic carbocycles. The number of aliphatic imine (C=N–C) groups is 1. The summed E-state index contributed by atoms with van der Waals surface area (Å²) in [4.78, 5) is 28.0. The summed E-state index contributed by atoms with van der Waals surface area (Å²) in [6.07, 6.45) is -1.04. The van der Waals surface area contributed by atoms with Crippen molar-refractivity contribution in [1.29, 1.82) is 0 Å². The van der Waals surface area contributed by atoms with Gasteiger partial charge in [-0.2, -0.15) is 0 Å². The number of aromatic hydroxyl groups is 1. The largest absolute Gasteiger partial charge is 0.505 e. The van der Waals surface area contributed by atoms with E-state index in [2.05, 4.69) is 4.99 Å². The molecule has 2 aromatic carbocycles. The zero-order valence-corrected chi connectivity index (χ0v) is 13.3. The molecule has 3 rings (SSSR count). The van der Waals surface area contributed by atoms with E-state index in [0.29, 0.717) is 11.3 Å². The van der Waals surface area contributed by atoms with Crippen molar-refractivity contribution >= 4 is 23.2 Å². The van der Waals surface area contributed by atoms with Crippen molar-refractivity contribution in [3.05, 3.63) is 53.6 Å². The Morgan fingerprint density at radius 2 is 2.00 bits per heavy atom. The molecule has 0 aromatic heterocycles. The second-order valence-electron chi connectivity index (χ2n) is 5.21. The van der Waals surface area contributed by atoms with Gasteiger partial charge >= 0.3 is 5.97 Å². The lowest BCUT2D eigenvalue weighted by Crippen LogP contribution is -2.40. The molecule has 25 heavy (non-hydrogen) atoms. The van der Waals surface area contributed by atoms with Gasteiger partial charge in [-0.05, 0) is 31.2 Å². The minimum atomic E-state index is -1.29. The maximum atomic E-state index is 12.7. The number of carbonyl (C=O) groups is 2. The normalized spacial score (nSPS) is 17.9. The Morgan fingerprint density at radius 3 is 2.72 bits per heavy atom. The number of carboxylic acid groups (broad SMARTS) is 1. The molecule has 7 heteroatoms. The van der Waals surface area contributed by atoms with Crippen LogP contribution in [0.3, 0.4) is 0 Å². The second kappa shape index (κ2) is 6.74. The van der Waals surface area contributed by atoms with Gasteiger partial charge in [0.2, 0.25) is 12.1 Å². The summed E-state index contributed by atoms with van der Waals surface area (Å²) >= 11 is 0. The van der Waals surface area contributed by atoms with Crippen LogP contribution in [0, 0.1) is 0 Å². The highest BCUT2D eigenvalue weighted by Gasteiger charge is 2.34. The molecule has 7 nitrogen and oxygen atoms in total. The molecule has 2 N–H and O–H groups in total. The van der Waals surface area contributed by atoms with E-state index in [-0.39, 0.29) is 23.6 Å². The number of aromatic carboxylic acids is 1. The average Bonchev–Trinajstić information content (AvgIpc) is 2.59. The summed E-state index contributed by atoms with van der Waals surface area (Å²) in [7, 11) is 0. The number of hydrogen-bond donors (Lipinski definition) is 2. The fraction of sp³-hybridized carbons (Fsp3) is 0.167. The van der Waals surface area contributed by atoms with Gasteiger partial charge in [-0.3, -0.25) is 4.79 Å². The first-order valence-electron chi connectivity index (χ1n) is 7.58. The third-order valence-electron chi connectivity index (χ3n) is 3.63. The van der Waals surface area contributed by atoms with Gasteiger partial charge in [0, 0.05) is 6.61 Å². The summed E-state index contributed by atoms with van der Waals surface area (Å²) < 4.78 is 11.1. The van der Waals surface area contributed by atoms with E-state index in [0.717, 1.165) is 0 Å². The number of benzene rings is 2. The molecule has 0 fully saturated rings. The molecule has 1 aliphatic heterocycles.